The van der Waals surface area contributed by atoms with Crippen LogP contribution in [0.5, 0.6) is 0 Å². The number of carbonyl (C=O) groups excluding carboxylic acids is 1. The van der Waals surface area contributed by atoms with Gasteiger partial charge in [-0.3, -0.25) is 4.79 Å². The van der Waals surface area contributed by atoms with Crippen LogP contribution < -0.4 is 0 Å². The van der Waals surface area contributed by atoms with Gasteiger partial charge in [0.2, 0.25) is 0 Å². The molecule has 1 aliphatic rings. The molecule has 1 aromatic rings. The van der Waals surface area contributed by atoms with Gasteiger partial charge in [-0.25, -0.2) is 8.42 Å². The molecule has 21 heavy (non-hydrogen) atoms. The molecule has 1 fully saturated rings. The second-order valence-corrected chi connectivity index (χ2v) is 6.92. The summed E-state index contributed by atoms with van der Waals surface area (Å²) in [5.41, 5.74) is 0. The van der Waals surface area contributed by atoms with Crippen molar-refractivity contribution in [3.63, 3.8) is 0 Å². The molecule has 1 heterocycles. The molecule has 1 aliphatic heterocycles. The summed E-state index contributed by atoms with van der Waals surface area (Å²) in [5.74, 6) is -2.45. The monoisotopic (exact) mass is 321 g/mol. The molecule has 0 aromatic heterocycles. The number of hydrogen-bond acceptors (Lipinski definition) is 3. The first-order chi connectivity index (χ1) is 9.72. The molecule has 1 saturated heterocycles. The highest BCUT2D eigenvalue weighted by molar-refractivity contribution is 7.91. The molecule has 2 rings (SSSR count). The van der Waals surface area contributed by atoms with Crippen molar-refractivity contribution in [2.24, 2.45) is 0 Å². The van der Waals surface area contributed by atoms with Crippen LogP contribution >= 0.6 is 0 Å². The summed E-state index contributed by atoms with van der Waals surface area (Å²) < 4.78 is 61.8. The molecule has 4 nitrogen and oxygen atoms in total. The second kappa shape index (κ2) is 5.67. The lowest BCUT2D eigenvalue weighted by Gasteiger charge is -2.25. The number of amides is 1. The molecule has 1 unspecified atom stereocenters. The van der Waals surface area contributed by atoms with E-state index < -0.39 is 33.7 Å². The fourth-order valence-electron chi connectivity index (χ4n) is 2.42. The Bertz CT molecular complexity index is 613. The van der Waals surface area contributed by atoms with Gasteiger partial charge < -0.3 is 4.90 Å². The van der Waals surface area contributed by atoms with E-state index in [-0.39, 0.29) is 17.9 Å². The lowest BCUT2D eigenvalue weighted by molar-refractivity contribution is -0.185. The van der Waals surface area contributed by atoms with Gasteiger partial charge in [0.15, 0.2) is 9.84 Å². The van der Waals surface area contributed by atoms with Crippen LogP contribution in [-0.2, 0) is 14.6 Å². The number of likely N-dealkylation sites (tertiary alicyclic amines) is 1. The van der Waals surface area contributed by atoms with Crippen LogP contribution in [0.3, 0.4) is 0 Å². The van der Waals surface area contributed by atoms with Gasteiger partial charge in [0.05, 0.1) is 10.6 Å². The third kappa shape index (κ3) is 3.55. The van der Waals surface area contributed by atoms with Crippen LogP contribution in [0.4, 0.5) is 13.2 Å². The Morgan fingerprint density at radius 2 is 1.86 bits per heavy atom. The maximum absolute atomic E-state index is 12.5. The predicted octanol–water partition coefficient (Wildman–Crippen LogP) is 2.01. The van der Waals surface area contributed by atoms with Crippen LogP contribution in [0, 0.1) is 0 Å². The van der Waals surface area contributed by atoms with Crippen molar-refractivity contribution < 1.29 is 26.4 Å². The lowest BCUT2D eigenvalue weighted by Crippen LogP contribution is -2.46. The first-order valence-corrected chi connectivity index (χ1v) is 8.02. The lowest BCUT2D eigenvalue weighted by atomic mass is 10.2. The minimum absolute atomic E-state index is 0.0521. The third-order valence-electron chi connectivity index (χ3n) is 3.39. The summed E-state index contributed by atoms with van der Waals surface area (Å²) in [5, 5.41) is 0. The van der Waals surface area contributed by atoms with E-state index in [1.165, 1.54) is 12.1 Å². The molecule has 1 atom stereocenters. The van der Waals surface area contributed by atoms with Gasteiger partial charge in [0.25, 0.3) is 0 Å². The molecule has 0 spiro atoms. The van der Waals surface area contributed by atoms with Crippen LogP contribution in [0.15, 0.2) is 35.2 Å². The average Bonchev–Trinajstić information content (AvgIpc) is 2.85. The van der Waals surface area contributed by atoms with E-state index in [1.54, 1.807) is 18.2 Å². The summed E-state index contributed by atoms with van der Waals surface area (Å²) in [7, 11) is -3.72. The SMILES string of the molecule is O=C(N1CCCC1CS(=O)(=O)c1ccccc1)C(F)(F)F. The molecule has 0 bridgehead atoms. The maximum atomic E-state index is 12.5. The normalized spacial score (nSPS) is 19.8. The van der Waals surface area contributed by atoms with E-state index in [0.29, 0.717) is 11.3 Å². The first kappa shape index (κ1) is 15.8. The number of carbonyl (C=O) groups is 1. The Morgan fingerprint density at radius 1 is 1.24 bits per heavy atom. The van der Waals surface area contributed by atoms with Gasteiger partial charge in [0.1, 0.15) is 0 Å². The molecule has 1 amide bonds. The molecular formula is C13H14F3NO3S. The number of rotatable bonds is 3. The van der Waals surface area contributed by atoms with Crippen molar-refractivity contribution in [1.82, 2.24) is 4.90 Å². The number of alkyl halides is 3. The summed E-state index contributed by atoms with van der Waals surface area (Å²) in [6.07, 6.45) is -4.34. The minimum Gasteiger partial charge on any atom is -0.331 e. The van der Waals surface area contributed by atoms with Crippen molar-refractivity contribution in [2.75, 3.05) is 12.3 Å². The van der Waals surface area contributed by atoms with E-state index in [0.717, 1.165) is 0 Å². The van der Waals surface area contributed by atoms with Gasteiger partial charge in [0, 0.05) is 12.6 Å². The fraction of sp³-hybridized carbons (Fsp3) is 0.462. The zero-order valence-corrected chi connectivity index (χ0v) is 11.8. The molecule has 116 valence electrons. The molecule has 0 radical (unpaired) electrons. The third-order valence-corrected chi connectivity index (χ3v) is 5.21. The topological polar surface area (TPSA) is 54.5 Å². The highest BCUT2D eigenvalue weighted by Crippen LogP contribution is 2.27. The summed E-state index contributed by atoms with van der Waals surface area (Å²) >= 11 is 0. The van der Waals surface area contributed by atoms with Crippen molar-refractivity contribution in [1.29, 1.82) is 0 Å². The van der Waals surface area contributed by atoms with Crippen LogP contribution in [-0.4, -0.2) is 43.7 Å². The molecule has 0 saturated carbocycles. The number of nitrogens with zero attached hydrogens (tertiary/aromatic N) is 1. The minimum atomic E-state index is -4.97. The predicted molar refractivity (Wildman–Crippen MR) is 69.3 cm³/mol. The number of halogens is 3. The Morgan fingerprint density at radius 3 is 2.43 bits per heavy atom. The Kier molecular flexibility index (Phi) is 4.27. The van der Waals surface area contributed by atoms with Gasteiger partial charge >= 0.3 is 12.1 Å². The summed E-state index contributed by atoms with van der Waals surface area (Å²) in [4.78, 5) is 12.0. The number of sulfone groups is 1. The van der Waals surface area contributed by atoms with Gasteiger partial charge in [-0.15, -0.1) is 0 Å². The zero-order valence-electron chi connectivity index (χ0n) is 11.0. The standard InChI is InChI=1S/C13H14F3NO3S/c14-13(15,16)12(18)17-8-4-5-10(17)9-21(19,20)11-6-2-1-3-7-11/h1-3,6-7,10H,4-5,8-9H2. The Labute approximate surface area is 120 Å². The largest absolute Gasteiger partial charge is 0.471 e. The van der Waals surface area contributed by atoms with E-state index in [4.69, 9.17) is 0 Å². The second-order valence-electron chi connectivity index (χ2n) is 4.89. The summed E-state index contributed by atoms with van der Waals surface area (Å²) in [6, 6.07) is 6.58. The quantitative estimate of drug-likeness (QED) is 0.856. The van der Waals surface area contributed by atoms with Crippen molar-refractivity contribution >= 4 is 15.7 Å². The smallest absolute Gasteiger partial charge is 0.331 e. The van der Waals surface area contributed by atoms with E-state index in [1.807, 2.05) is 0 Å². The van der Waals surface area contributed by atoms with Gasteiger partial charge in [-0.1, -0.05) is 18.2 Å². The van der Waals surface area contributed by atoms with E-state index in [2.05, 4.69) is 0 Å². The van der Waals surface area contributed by atoms with Crippen LogP contribution in [0.25, 0.3) is 0 Å². The number of benzene rings is 1. The van der Waals surface area contributed by atoms with Crippen LogP contribution in [0.2, 0.25) is 0 Å². The van der Waals surface area contributed by atoms with E-state index in [9.17, 15) is 26.4 Å². The highest BCUT2D eigenvalue weighted by atomic mass is 32.2. The van der Waals surface area contributed by atoms with E-state index >= 15 is 0 Å². The molecule has 0 aliphatic carbocycles. The Hall–Kier alpha value is -1.57. The maximum Gasteiger partial charge on any atom is 0.471 e. The number of hydrogen-bond donors (Lipinski definition) is 0. The Balaban J connectivity index is 2.17. The molecule has 8 heteroatoms. The van der Waals surface area contributed by atoms with Gasteiger partial charge in [-0.05, 0) is 25.0 Å². The molecule has 1 aromatic carbocycles. The zero-order chi connectivity index (χ0) is 15.7. The fourth-order valence-corrected chi connectivity index (χ4v) is 4.03. The average molecular weight is 321 g/mol. The van der Waals surface area contributed by atoms with Crippen molar-refractivity contribution in [3.05, 3.63) is 30.3 Å². The first-order valence-electron chi connectivity index (χ1n) is 6.37. The van der Waals surface area contributed by atoms with Gasteiger partial charge in [-0.2, -0.15) is 13.2 Å². The van der Waals surface area contributed by atoms with Crippen molar-refractivity contribution in [2.45, 2.75) is 30.0 Å². The van der Waals surface area contributed by atoms with Crippen molar-refractivity contribution in [3.8, 4) is 0 Å². The van der Waals surface area contributed by atoms with Crippen LogP contribution in [0.1, 0.15) is 12.8 Å². The molecule has 0 N–H and O–H groups in total. The highest BCUT2D eigenvalue weighted by Gasteiger charge is 2.46. The summed E-state index contributed by atoms with van der Waals surface area (Å²) in [6.45, 7) is -0.0622. The molecular weight excluding hydrogens is 307 g/mol.